The Morgan fingerprint density at radius 2 is 2.21 bits per heavy atom. The Morgan fingerprint density at radius 1 is 1.46 bits per heavy atom. The summed E-state index contributed by atoms with van der Waals surface area (Å²) >= 11 is 1.64. The number of nitrogens with zero attached hydrogens (tertiary/aromatic N) is 4. The van der Waals surface area contributed by atoms with Gasteiger partial charge in [-0.15, -0.1) is 23.7 Å². The van der Waals surface area contributed by atoms with Crippen LogP contribution in [-0.4, -0.2) is 40.6 Å². The fraction of sp³-hybridized carbons (Fsp3) is 0.647. The minimum atomic E-state index is -0.357. The van der Waals surface area contributed by atoms with Gasteiger partial charge in [0.2, 0.25) is 5.91 Å². The second-order valence-corrected chi connectivity index (χ2v) is 7.34. The summed E-state index contributed by atoms with van der Waals surface area (Å²) in [6, 6.07) is 0.398. The summed E-state index contributed by atoms with van der Waals surface area (Å²) in [5, 5.41) is 14.7. The first-order valence-electron chi connectivity index (χ1n) is 8.44. The van der Waals surface area contributed by atoms with Gasteiger partial charge in [-0.1, -0.05) is 0 Å². The fourth-order valence-electron chi connectivity index (χ4n) is 3.00. The van der Waals surface area contributed by atoms with Crippen molar-refractivity contribution in [2.24, 2.45) is 10.2 Å². The molecular weight excluding hydrogens is 322 g/mol. The van der Waals surface area contributed by atoms with Crippen LogP contribution < -0.4 is 5.32 Å². The van der Waals surface area contributed by atoms with Crippen molar-refractivity contribution in [1.29, 1.82) is 0 Å². The van der Waals surface area contributed by atoms with Crippen LogP contribution in [0.4, 0.5) is 5.13 Å². The molecule has 2 aliphatic heterocycles. The standard InChI is InChI=1S/C17H23N5OS/c1-3-4-8-17(20-21-17)9-5-15(23)22-10-6-14(7-11-22)19-16-18-13(2)12-24-16/h1,12,14H,4-11H2,2H3,(H,18,19). The van der Waals surface area contributed by atoms with Crippen LogP contribution in [-0.2, 0) is 4.79 Å². The molecule has 0 aromatic carbocycles. The van der Waals surface area contributed by atoms with Crippen LogP contribution in [0.15, 0.2) is 15.6 Å². The van der Waals surface area contributed by atoms with Gasteiger partial charge in [0.25, 0.3) is 0 Å². The second-order valence-electron chi connectivity index (χ2n) is 6.48. The third kappa shape index (κ3) is 4.32. The highest BCUT2D eigenvalue weighted by Gasteiger charge is 2.39. The number of carbonyl (C=O) groups is 1. The van der Waals surface area contributed by atoms with Crippen LogP contribution >= 0.6 is 11.3 Å². The summed E-state index contributed by atoms with van der Waals surface area (Å²) in [6.45, 7) is 3.59. The zero-order chi connectivity index (χ0) is 17.0. The van der Waals surface area contributed by atoms with E-state index in [1.54, 1.807) is 11.3 Å². The molecule has 3 heterocycles. The largest absolute Gasteiger partial charge is 0.359 e. The van der Waals surface area contributed by atoms with Gasteiger partial charge in [-0.25, -0.2) is 4.98 Å². The number of terminal acetylenes is 1. The predicted molar refractivity (Wildman–Crippen MR) is 95.0 cm³/mol. The molecule has 0 unspecified atom stereocenters. The van der Waals surface area contributed by atoms with Gasteiger partial charge in [0.1, 0.15) is 0 Å². The molecule has 6 nitrogen and oxygen atoms in total. The lowest BCUT2D eigenvalue weighted by Gasteiger charge is -2.32. The molecule has 1 saturated heterocycles. The number of carbonyl (C=O) groups excluding carboxylic acids is 1. The summed E-state index contributed by atoms with van der Waals surface area (Å²) in [7, 11) is 0. The first kappa shape index (κ1) is 16.9. The smallest absolute Gasteiger partial charge is 0.222 e. The van der Waals surface area contributed by atoms with Crippen LogP contribution in [0.1, 0.15) is 44.2 Å². The maximum Gasteiger partial charge on any atom is 0.222 e. The molecule has 1 aromatic heterocycles. The highest BCUT2D eigenvalue weighted by molar-refractivity contribution is 7.13. The Balaban J connectivity index is 1.38. The quantitative estimate of drug-likeness (QED) is 0.772. The van der Waals surface area contributed by atoms with Gasteiger partial charge in [0.05, 0.1) is 5.69 Å². The first-order valence-corrected chi connectivity index (χ1v) is 9.32. The zero-order valence-electron chi connectivity index (χ0n) is 14.0. The summed E-state index contributed by atoms with van der Waals surface area (Å²) < 4.78 is 0. The first-order chi connectivity index (χ1) is 11.6. The van der Waals surface area contributed by atoms with Gasteiger partial charge < -0.3 is 10.2 Å². The van der Waals surface area contributed by atoms with Gasteiger partial charge in [-0.05, 0) is 19.8 Å². The number of hydrogen-bond donors (Lipinski definition) is 1. The van der Waals surface area contributed by atoms with Crippen LogP contribution in [0.25, 0.3) is 0 Å². The van der Waals surface area contributed by atoms with Gasteiger partial charge in [0.15, 0.2) is 10.8 Å². The Morgan fingerprint density at radius 3 is 2.79 bits per heavy atom. The number of nitrogens with one attached hydrogen (secondary N) is 1. The lowest BCUT2D eigenvalue weighted by atomic mass is 10.0. The summed E-state index contributed by atoms with van der Waals surface area (Å²) in [6.07, 6.45) is 9.81. The lowest BCUT2D eigenvalue weighted by Crippen LogP contribution is -2.42. The number of likely N-dealkylation sites (tertiary alicyclic amines) is 1. The molecule has 0 bridgehead atoms. The van der Waals surface area contributed by atoms with Gasteiger partial charge in [0, 0.05) is 50.2 Å². The number of rotatable bonds is 7. The van der Waals surface area contributed by atoms with Crippen LogP contribution in [0.2, 0.25) is 0 Å². The minimum absolute atomic E-state index is 0.205. The van der Waals surface area contributed by atoms with E-state index >= 15 is 0 Å². The number of aromatic nitrogens is 1. The molecule has 3 rings (SSSR count). The number of thiazole rings is 1. The number of anilines is 1. The van der Waals surface area contributed by atoms with Crippen molar-refractivity contribution < 1.29 is 4.79 Å². The van der Waals surface area contributed by atoms with Crippen molar-refractivity contribution in [3.05, 3.63) is 11.1 Å². The molecule has 0 atom stereocenters. The van der Waals surface area contributed by atoms with Gasteiger partial charge in [-0.3, -0.25) is 4.79 Å². The van der Waals surface area contributed by atoms with Gasteiger partial charge >= 0.3 is 0 Å². The molecule has 1 aromatic rings. The molecule has 0 spiro atoms. The van der Waals surface area contributed by atoms with E-state index in [9.17, 15) is 4.79 Å². The van der Waals surface area contributed by atoms with E-state index in [-0.39, 0.29) is 11.6 Å². The van der Waals surface area contributed by atoms with Crippen LogP contribution in [0, 0.1) is 19.3 Å². The van der Waals surface area contributed by atoms with Crippen molar-refractivity contribution >= 4 is 22.4 Å². The molecule has 128 valence electrons. The number of aryl methyl sites for hydroxylation is 1. The highest BCUT2D eigenvalue weighted by atomic mass is 32.1. The van der Waals surface area contributed by atoms with Crippen molar-refractivity contribution in [2.45, 2.75) is 57.2 Å². The zero-order valence-corrected chi connectivity index (χ0v) is 14.8. The topological polar surface area (TPSA) is 70.0 Å². The normalized spacial score (nSPS) is 19.1. The van der Waals surface area contributed by atoms with E-state index in [0.717, 1.165) is 43.2 Å². The molecular formula is C17H23N5OS. The van der Waals surface area contributed by atoms with Crippen molar-refractivity contribution in [3.63, 3.8) is 0 Å². The SMILES string of the molecule is C#CCCC1(CCC(=O)N2CCC(Nc3nc(C)cs3)CC2)N=N1. The Bertz CT molecular complexity index is 648. The average molecular weight is 345 g/mol. The maximum absolute atomic E-state index is 12.4. The van der Waals surface area contributed by atoms with Crippen molar-refractivity contribution in [1.82, 2.24) is 9.88 Å². The number of hydrogen-bond acceptors (Lipinski definition) is 6. The molecule has 1 N–H and O–H groups in total. The molecule has 2 aliphatic rings. The maximum atomic E-state index is 12.4. The van der Waals surface area contributed by atoms with Gasteiger partial charge in [-0.2, -0.15) is 10.2 Å². The third-order valence-corrected chi connectivity index (χ3v) is 5.48. The Hall–Kier alpha value is -1.94. The van der Waals surface area contributed by atoms with E-state index in [2.05, 4.69) is 26.4 Å². The summed E-state index contributed by atoms with van der Waals surface area (Å²) in [5.41, 5.74) is 0.690. The summed E-state index contributed by atoms with van der Waals surface area (Å²) in [5.74, 6) is 2.82. The predicted octanol–water partition coefficient (Wildman–Crippen LogP) is 3.21. The average Bonchev–Trinajstić information content (AvgIpc) is 3.26. The molecule has 0 saturated carbocycles. The molecule has 24 heavy (non-hydrogen) atoms. The van der Waals surface area contributed by atoms with Crippen molar-refractivity contribution in [2.75, 3.05) is 18.4 Å². The molecule has 0 aliphatic carbocycles. The Labute approximate surface area is 146 Å². The second kappa shape index (κ2) is 7.31. The monoisotopic (exact) mass is 345 g/mol. The molecule has 7 heteroatoms. The summed E-state index contributed by atoms with van der Waals surface area (Å²) in [4.78, 5) is 18.8. The van der Waals surface area contributed by atoms with E-state index < -0.39 is 0 Å². The molecule has 1 amide bonds. The third-order valence-electron chi connectivity index (χ3n) is 4.59. The number of amides is 1. The van der Waals surface area contributed by atoms with Crippen LogP contribution in [0.5, 0.6) is 0 Å². The van der Waals surface area contributed by atoms with E-state index in [4.69, 9.17) is 6.42 Å². The van der Waals surface area contributed by atoms with Crippen molar-refractivity contribution in [3.8, 4) is 12.3 Å². The highest BCUT2D eigenvalue weighted by Crippen LogP contribution is 2.37. The molecule has 1 fully saturated rings. The van der Waals surface area contributed by atoms with E-state index in [1.165, 1.54) is 0 Å². The Kier molecular flexibility index (Phi) is 5.14. The van der Waals surface area contributed by atoms with E-state index in [1.807, 2.05) is 17.2 Å². The van der Waals surface area contributed by atoms with E-state index in [0.29, 0.717) is 25.3 Å². The van der Waals surface area contributed by atoms with Crippen LogP contribution in [0.3, 0.4) is 0 Å². The minimum Gasteiger partial charge on any atom is -0.359 e. The molecule has 0 radical (unpaired) electrons. The fourth-order valence-corrected chi connectivity index (χ4v) is 3.77. The number of piperidine rings is 1. The lowest BCUT2D eigenvalue weighted by molar-refractivity contribution is -0.132.